The molecule has 1 aliphatic carbocycles. The van der Waals surface area contributed by atoms with Crippen LogP contribution in [0.4, 0.5) is 28.9 Å². The van der Waals surface area contributed by atoms with Gasteiger partial charge in [0.25, 0.3) is 5.91 Å². The number of amides is 4. The largest absolute Gasteiger partial charge is 0.391 e. The van der Waals surface area contributed by atoms with Gasteiger partial charge in [-0.05, 0) is 102 Å². The van der Waals surface area contributed by atoms with Crippen molar-refractivity contribution in [3.63, 3.8) is 0 Å². The van der Waals surface area contributed by atoms with E-state index in [0.29, 0.717) is 48.5 Å². The van der Waals surface area contributed by atoms with Gasteiger partial charge in [-0.25, -0.2) is 22.5 Å². The number of carbonyl (C=O) groups is 5. The maximum atomic E-state index is 14.7. The van der Waals surface area contributed by atoms with Crippen LogP contribution in [0.15, 0.2) is 60.1 Å². The molecule has 2 fully saturated rings. The van der Waals surface area contributed by atoms with E-state index in [9.17, 15) is 46.6 Å². The van der Waals surface area contributed by atoms with Crippen LogP contribution in [0.25, 0.3) is 10.4 Å². The quantitative estimate of drug-likeness (QED) is 0.0143. The first-order valence-corrected chi connectivity index (χ1v) is 27.0. The second-order valence-electron chi connectivity index (χ2n) is 19.6. The molecule has 1 saturated carbocycles. The van der Waals surface area contributed by atoms with Gasteiger partial charge in [-0.2, -0.15) is 0 Å². The highest BCUT2D eigenvalue weighted by atomic mass is 127. The van der Waals surface area contributed by atoms with Crippen LogP contribution in [0.2, 0.25) is 0 Å². The highest BCUT2D eigenvalue weighted by molar-refractivity contribution is 14.1. The summed E-state index contributed by atoms with van der Waals surface area (Å²) in [6, 6.07) is 10.4. The van der Waals surface area contributed by atoms with Crippen molar-refractivity contribution in [2.45, 2.75) is 89.7 Å². The molecular weight excluding hydrogens is 1130 g/mol. The number of aliphatic hydroxyl groups is 1. The lowest BCUT2D eigenvalue weighted by molar-refractivity contribution is -0.145. The predicted molar refractivity (Wildman–Crippen MR) is 285 cm³/mol. The summed E-state index contributed by atoms with van der Waals surface area (Å²) in [6.45, 7) is 9.86. The molecule has 0 spiro atoms. The topological polar surface area (TPSA) is 219 Å². The minimum Gasteiger partial charge on any atom is -0.391 e. The highest BCUT2D eigenvalue weighted by Crippen LogP contribution is 2.41. The number of ketones is 1. The molecule has 6 N–H and O–H groups in total. The Bertz CT molecular complexity index is 2620. The van der Waals surface area contributed by atoms with Crippen LogP contribution in [0.5, 0.6) is 0 Å². The number of rotatable bonds is 30. The molecule has 1 aliphatic heterocycles. The number of carbonyl (C=O) groups excluding carboxylic acids is 5. The molecule has 6 rings (SSSR count). The summed E-state index contributed by atoms with van der Waals surface area (Å²) in [5.74, 6) is -6.24. The first-order valence-electron chi connectivity index (χ1n) is 25.1. The van der Waals surface area contributed by atoms with Crippen molar-refractivity contribution in [3.05, 3.63) is 98.0 Å². The number of anilines is 2. The second-order valence-corrected chi connectivity index (χ2v) is 21.7. The molecule has 2 heterocycles. The van der Waals surface area contributed by atoms with Gasteiger partial charge < -0.3 is 55.5 Å². The van der Waals surface area contributed by atoms with Crippen LogP contribution in [-0.2, 0) is 38.1 Å². The molecule has 0 bridgehead atoms. The number of aromatic nitrogens is 1. The summed E-state index contributed by atoms with van der Waals surface area (Å²) >= 11 is 3.41. The Labute approximate surface area is 457 Å². The number of hydrogen-bond donors (Lipinski definition) is 6. The molecule has 1 unspecified atom stereocenters. The van der Waals surface area contributed by atoms with Crippen molar-refractivity contribution in [2.75, 3.05) is 84.4 Å². The SMILES string of the molecule is Cc1ncsc1-c1ccc([C@H](CC(=O)NCCOCCOCCOCCNCCCOCC(=O)c2ccc(F)c(F)c2Nc2ccc(I)cc2F)NC(=O)[C@@H]2C[C@@H](O)CN2C(=O)C(NC(=O)C2(F)CC2)C(C)(C)C)cc1. The second kappa shape index (κ2) is 28.5. The molecule has 1 saturated heterocycles. The van der Waals surface area contributed by atoms with Crippen LogP contribution >= 0.6 is 33.9 Å². The van der Waals surface area contributed by atoms with Crippen LogP contribution in [0.3, 0.4) is 0 Å². The Morgan fingerprint density at radius 3 is 2.20 bits per heavy atom. The van der Waals surface area contributed by atoms with Crippen LogP contribution in [0, 0.1) is 33.4 Å². The fourth-order valence-electron chi connectivity index (χ4n) is 8.19. The van der Waals surface area contributed by atoms with Gasteiger partial charge in [0.1, 0.15) is 24.5 Å². The average molecular weight is 1200 g/mol. The molecular formula is C53H66F4IN7O10S. The number of aryl methyl sites for hydroxylation is 1. The zero-order chi connectivity index (χ0) is 55.0. The molecule has 17 nitrogen and oxygen atoms in total. The molecule has 0 radical (unpaired) electrons. The van der Waals surface area contributed by atoms with E-state index in [1.165, 1.54) is 28.4 Å². The lowest BCUT2D eigenvalue weighted by Crippen LogP contribution is -2.59. The smallest absolute Gasteiger partial charge is 0.258 e. The van der Waals surface area contributed by atoms with E-state index in [4.69, 9.17) is 18.9 Å². The van der Waals surface area contributed by atoms with Gasteiger partial charge in [-0.3, -0.25) is 24.0 Å². The minimum atomic E-state index is -2.02. The number of halogens is 5. The van der Waals surface area contributed by atoms with E-state index >= 15 is 0 Å². The Hall–Kier alpha value is -5.15. The zero-order valence-electron chi connectivity index (χ0n) is 42.9. The molecule has 1 aromatic heterocycles. The Morgan fingerprint density at radius 2 is 1.55 bits per heavy atom. The van der Waals surface area contributed by atoms with Gasteiger partial charge in [-0.15, -0.1) is 11.3 Å². The minimum absolute atomic E-state index is 0.0653. The summed E-state index contributed by atoms with van der Waals surface area (Å²) in [5, 5.41) is 24.8. The lowest BCUT2D eigenvalue weighted by atomic mass is 9.85. The van der Waals surface area contributed by atoms with Gasteiger partial charge >= 0.3 is 0 Å². The molecule has 76 heavy (non-hydrogen) atoms. The number of Topliss-reactive ketones (excluding diaryl/α,β-unsaturated/α-hetero) is 1. The zero-order valence-corrected chi connectivity index (χ0v) is 45.9. The predicted octanol–water partition coefficient (Wildman–Crippen LogP) is 6.47. The monoisotopic (exact) mass is 1200 g/mol. The van der Waals surface area contributed by atoms with Crippen LogP contribution in [-0.4, -0.2) is 147 Å². The average Bonchev–Trinajstić information content (AvgIpc) is 3.79. The van der Waals surface area contributed by atoms with E-state index in [1.54, 1.807) is 32.3 Å². The van der Waals surface area contributed by atoms with E-state index < -0.39 is 82.0 Å². The third kappa shape index (κ3) is 17.4. The number of likely N-dealkylation sites (tertiary alicyclic amines) is 1. The fraction of sp³-hybridized carbons (Fsp3) is 0.509. The van der Waals surface area contributed by atoms with Crippen molar-refractivity contribution in [2.24, 2.45) is 5.41 Å². The standard InChI is InChI=1S/C53H66F4IN7O10S/c1-32-47(76-31-61-32)34-8-6-33(7-9-34)41(63-49(69)42-27-36(66)29-65(42)50(70)48(52(2,3)4)64-51(71)53(57)14-15-53)28-44(68)60-18-21-73-23-25-74-24-22-72-20-17-59-16-5-19-75-30-43(67)37-11-12-38(54)45(56)46(37)62-40-13-10-35(58)26-39(40)55/h6-13,26,31,36,41-42,48,59,62,66H,5,14-25,27-30H2,1-4H3,(H,60,68)(H,63,69)(H,64,71)/t36-,41+,42+,48?/m1/s1. The third-order valence-electron chi connectivity index (χ3n) is 12.6. The van der Waals surface area contributed by atoms with Gasteiger partial charge in [0, 0.05) is 41.8 Å². The van der Waals surface area contributed by atoms with E-state index in [0.717, 1.165) is 28.3 Å². The summed E-state index contributed by atoms with van der Waals surface area (Å²) in [6.07, 6.45) is -0.577. The van der Waals surface area contributed by atoms with Crippen molar-refractivity contribution in [3.8, 4) is 10.4 Å². The van der Waals surface area contributed by atoms with Gasteiger partial charge in [0.2, 0.25) is 17.7 Å². The van der Waals surface area contributed by atoms with Gasteiger partial charge in [0.05, 0.1) is 85.7 Å². The fourth-order valence-corrected chi connectivity index (χ4v) is 9.45. The molecule has 3 aromatic carbocycles. The number of thiazole rings is 1. The van der Waals surface area contributed by atoms with E-state index in [-0.39, 0.29) is 89.0 Å². The number of benzene rings is 3. The Kier molecular flexibility index (Phi) is 22.5. The normalized spacial score (nSPS) is 16.7. The Balaban J connectivity index is 0.851. The number of aliphatic hydroxyl groups excluding tert-OH is 1. The van der Waals surface area contributed by atoms with Gasteiger partial charge in [-0.1, -0.05) is 45.0 Å². The number of nitrogens with one attached hydrogen (secondary N) is 5. The molecule has 414 valence electrons. The summed E-state index contributed by atoms with van der Waals surface area (Å²) in [7, 11) is 0. The molecule has 2 aliphatic rings. The van der Waals surface area contributed by atoms with Gasteiger partial charge in [0.15, 0.2) is 23.1 Å². The van der Waals surface area contributed by atoms with E-state index in [2.05, 4.69) is 31.6 Å². The van der Waals surface area contributed by atoms with Crippen LogP contribution < -0.4 is 26.6 Å². The van der Waals surface area contributed by atoms with Crippen LogP contribution in [0.1, 0.15) is 80.5 Å². The van der Waals surface area contributed by atoms with Crippen molar-refractivity contribution in [1.82, 2.24) is 31.2 Å². The van der Waals surface area contributed by atoms with Crippen molar-refractivity contribution < 1.29 is 65.6 Å². The molecule has 4 amide bonds. The number of alkyl halides is 1. The first kappa shape index (κ1) is 60.1. The summed E-state index contributed by atoms with van der Waals surface area (Å²) in [5.41, 5.74) is 0.531. The van der Waals surface area contributed by atoms with E-state index in [1.807, 2.05) is 53.8 Å². The number of β-amino-alcohol motifs (C(OH)–C–C–N with tert-alkyl or cyclic N) is 1. The highest BCUT2D eigenvalue weighted by Gasteiger charge is 2.53. The summed E-state index contributed by atoms with van der Waals surface area (Å²) in [4.78, 5) is 73.6. The number of hydrogen-bond acceptors (Lipinski definition) is 14. The number of nitrogens with zero attached hydrogens (tertiary/aromatic N) is 2. The Morgan fingerprint density at radius 1 is 0.868 bits per heavy atom. The molecule has 4 aromatic rings. The number of ether oxygens (including phenoxy) is 4. The molecule has 23 heteroatoms. The van der Waals surface area contributed by atoms with Crippen molar-refractivity contribution in [1.29, 1.82) is 0 Å². The lowest BCUT2D eigenvalue weighted by Gasteiger charge is -2.36. The summed E-state index contributed by atoms with van der Waals surface area (Å²) < 4.78 is 80.7. The molecule has 4 atom stereocenters. The first-order chi connectivity index (χ1) is 36.2. The maximum absolute atomic E-state index is 14.7. The third-order valence-corrected chi connectivity index (χ3v) is 14.2. The maximum Gasteiger partial charge on any atom is 0.258 e. The van der Waals surface area contributed by atoms with Crippen molar-refractivity contribution >= 4 is 74.7 Å².